The van der Waals surface area contributed by atoms with Crippen molar-refractivity contribution in [2.24, 2.45) is 0 Å². The molecule has 0 aliphatic carbocycles. The highest BCUT2D eigenvalue weighted by molar-refractivity contribution is 9.09. The van der Waals surface area contributed by atoms with E-state index in [1.54, 1.807) is 0 Å². The predicted molar refractivity (Wildman–Crippen MR) is 41.9 cm³/mol. The number of hydrogen-bond acceptors (Lipinski definition) is 1. The first-order valence-corrected chi connectivity index (χ1v) is 4.28. The van der Waals surface area contributed by atoms with E-state index in [1.807, 2.05) is 0 Å². The maximum absolute atomic E-state index is 5.26. The SMILES string of the molecule is CC1=C(CBr)COCC1. The first-order chi connectivity index (χ1) is 4.34. The third-order valence-electron chi connectivity index (χ3n) is 1.66. The van der Waals surface area contributed by atoms with E-state index in [2.05, 4.69) is 22.9 Å². The molecule has 0 saturated heterocycles. The molecule has 1 aliphatic heterocycles. The maximum atomic E-state index is 5.26. The molecule has 0 N–H and O–H groups in total. The zero-order chi connectivity index (χ0) is 6.69. The molecule has 0 spiro atoms. The van der Waals surface area contributed by atoms with Crippen LogP contribution in [0.25, 0.3) is 0 Å². The van der Waals surface area contributed by atoms with Gasteiger partial charge in [0.05, 0.1) is 13.2 Å². The summed E-state index contributed by atoms with van der Waals surface area (Å²) in [6.07, 6.45) is 1.11. The van der Waals surface area contributed by atoms with Crippen molar-refractivity contribution >= 4 is 15.9 Å². The quantitative estimate of drug-likeness (QED) is 0.455. The predicted octanol–water partition coefficient (Wildman–Crippen LogP) is 2.12. The number of hydrogen-bond donors (Lipinski definition) is 0. The molecule has 0 aromatic rings. The van der Waals surface area contributed by atoms with Crippen LogP contribution in [0.4, 0.5) is 0 Å². The summed E-state index contributed by atoms with van der Waals surface area (Å²) in [6.45, 7) is 3.92. The molecular weight excluding hydrogens is 180 g/mol. The first kappa shape index (κ1) is 7.29. The summed E-state index contributed by atoms with van der Waals surface area (Å²) in [5.41, 5.74) is 2.92. The average molecular weight is 191 g/mol. The van der Waals surface area contributed by atoms with Crippen LogP contribution in [-0.4, -0.2) is 18.5 Å². The molecule has 0 aromatic carbocycles. The Morgan fingerprint density at radius 3 is 2.89 bits per heavy atom. The molecule has 0 amide bonds. The smallest absolute Gasteiger partial charge is 0.0687 e. The Kier molecular flexibility index (Phi) is 2.73. The Balaban J connectivity index is 2.59. The zero-order valence-corrected chi connectivity index (χ0v) is 7.20. The van der Waals surface area contributed by atoms with Crippen molar-refractivity contribution in [1.82, 2.24) is 0 Å². The summed E-state index contributed by atoms with van der Waals surface area (Å²) in [4.78, 5) is 0. The van der Waals surface area contributed by atoms with Crippen LogP contribution < -0.4 is 0 Å². The summed E-state index contributed by atoms with van der Waals surface area (Å²) in [6, 6.07) is 0. The number of alkyl halides is 1. The normalized spacial score (nSPS) is 20.7. The van der Waals surface area contributed by atoms with Gasteiger partial charge in [-0.3, -0.25) is 0 Å². The van der Waals surface area contributed by atoms with Gasteiger partial charge >= 0.3 is 0 Å². The van der Waals surface area contributed by atoms with Gasteiger partial charge in [0.2, 0.25) is 0 Å². The summed E-state index contributed by atoms with van der Waals surface area (Å²) < 4.78 is 5.26. The Morgan fingerprint density at radius 2 is 2.44 bits per heavy atom. The molecule has 0 bridgehead atoms. The largest absolute Gasteiger partial charge is 0.377 e. The van der Waals surface area contributed by atoms with Gasteiger partial charge < -0.3 is 4.74 Å². The lowest BCUT2D eigenvalue weighted by molar-refractivity contribution is 0.147. The molecule has 0 saturated carbocycles. The van der Waals surface area contributed by atoms with E-state index in [-0.39, 0.29) is 0 Å². The molecule has 1 rings (SSSR count). The second-order valence-corrected chi connectivity index (χ2v) is 2.88. The molecule has 0 radical (unpaired) electrons. The van der Waals surface area contributed by atoms with Crippen LogP contribution in [-0.2, 0) is 4.74 Å². The Labute approximate surface area is 64.2 Å². The molecular formula is C7H11BrO. The number of rotatable bonds is 1. The second kappa shape index (κ2) is 3.37. The van der Waals surface area contributed by atoms with E-state index in [0.29, 0.717) is 0 Å². The van der Waals surface area contributed by atoms with Gasteiger partial charge in [-0.05, 0) is 18.9 Å². The highest BCUT2D eigenvalue weighted by atomic mass is 79.9. The third-order valence-corrected chi connectivity index (χ3v) is 2.34. The van der Waals surface area contributed by atoms with E-state index >= 15 is 0 Å². The summed E-state index contributed by atoms with van der Waals surface area (Å²) in [7, 11) is 0. The minimum Gasteiger partial charge on any atom is -0.377 e. The van der Waals surface area contributed by atoms with Gasteiger partial charge in [0.15, 0.2) is 0 Å². The highest BCUT2D eigenvalue weighted by Crippen LogP contribution is 2.15. The van der Waals surface area contributed by atoms with Crippen molar-refractivity contribution in [3.63, 3.8) is 0 Å². The molecule has 2 heteroatoms. The van der Waals surface area contributed by atoms with Crippen molar-refractivity contribution in [3.05, 3.63) is 11.1 Å². The molecule has 1 aliphatic rings. The van der Waals surface area contributed by atoms with Crippen LogP contribution in [0.5, 0.6) is 0 Å². The molecule has 0 unspecified atom stereocenters. The van der Waals surface area contributed by atoms with Gasteiger partial charge in [-0.25, -0.2) is 0 Å². The Morgan fingerprint density at radius 1 is 1.67 bits per heavy atom. The zero-order valence-electron chi connectivity index (χ0n) is 5.61. The molecule has 1 heterocycles. The van der Waals surface area contributed by atoms with Crippen LogP contribution >= 0.6 is 15.9 Å². The van der Waals surface area contributed by atoms with Crippen molar-refractivity contribution in [3.8, 4) is 0 Å². The van der Waals surface area contributed by atoms with Crippen molar-refractivity contribution < 1.29 is 4.74 Å². The van der Waals surface area contributed by atoms with Crippen LogP contribution in [0.15, 0.2) is 11.1 Å². The molecule has 0 atom stereocenters. The molecule has 0 fully saturated rings. The van der Waals surface area contributed by atoms with Gasteiger partial charge in [0, 0.05) is 5.33 Å². The van der Waals surface area contributed by atoms with Crippen LogP contribution in [0, 0.1) is 0 Å². The van der Waals surface area contributed by atoms with Crippen LogP contribution in [0.1, 0.15) is 13.3 Å². The van der Waals surface area contributed by atoms with Crippen LogP contribution in [0.2, 0.25) is 0 Å². The van der Waals surface area contributed by atoms with Gasteiger partial charge in [0.25, 0.3) is 0 Å². The van der Waals surface area contributed by atoms with E-state index in [1.165, 1.54) is 11.1 Å². The topological polar surface area (TPSA) is 9.23 Å². The lowest BCUT2D eigenvalue weighted by Crippen LogP contribution is -2.10. The van der Waals surface area contributed by atoms with Crippen LogP contribution in [0.3, 0.4) is 0 Å². The minimum absolute atomic E-state index is 0.830. The fourth-order valence-corrected chi connectivity index (χ4v) is 1.51. The van der Waals surface area contributed by atoms with Gasteiger partial charge in [-0.15, -0.1) is 0 Å². The van der Waals surface area contributed by atoms with E-state index in [9.17, 15) is 0 Å². The number of ether oxygens (including phenoxy) is 1. The monoisotopic (exact) mass is 190 g/mol. The number of halogens is 1. The van der Waals surface area contributed by atoms with Crippen molar-refractivity contribution in [2.45, 2.75) is 13.3 Å². The Bertz CT molecular complexity index is 129. The van der Waals surface area contributed by atoms with E-state index < -0.39 is 0 Å². The lowest BCUT2D eigenvalue weighted by Gasteiger charge is -2.15. The average Bonchev–Trinajstić information content (AvgIpc) is 1.89. The summed E-state index contributed by atoms with van der Waals surface area (Å²) in [5.74, 6) is 0. The second-order valence-electron chi connectivity index (χ2n) is 2.32. The lowest BCUT2D eigenvalue weighted by atomic mass is 10.1. The standard InChI is InChI=1S/C7H11BrO/c1-6-2-3-9-5-7(6)4-8/h2-5H2,1H3. The molecule has 1 nitrogen and oxygen atoms in total. The fraction of sp³-hybridized carbons (Fsp3) is 0.714. The van der Waals surface area contributed by atoms with Gasteiger partial charge in [-0.1, -0.05) is 21.5 Å². The van der Waals surface area contributed by atoms with Crippen molar-refractivity contribution in [2.75, 3.05) is 18.5 Å². The third kappa shape index (κ3) is 1.80. The first-order valence-electron chi connectivity index (χ1n) is 3.16. The highest BCUT2D eigenvalue weighted by Gasteiger charge is 2.06. The molecule has 52 valence electrons. The molecule has 9 heavy (non-hydrogen) atoms. The summed E-state index contributed by atoms with van der Waals surface area (Å²) in [5, 5.41) is 0.971. The van der Waals surface area contributed by atoms with Crippen molar-refractivity contribution in [1.29, 1.82) is 0 Å². The Hall–Kier alpha value is 0.180. The minimum atomic E-state index is 0.830. The maximum Gasteiger partial charge on any atom is 0.0687 e. The van der Waals surface area contributed by atoms with E-state index in [4.69, 9.17) is 4.74 Å². The summed E-state index contributed by atoms with van der Waals surface area (Å²) >= 11 is 3.41. The van der Waals surface area contributed by atoms with Gasteiger partial charge in [0.1, 0.15) is 0 Å². The van der Waals surface area contributed by atoms with E-state index in [0.717, 1.165) is 25.0 Å². The molecule has 0 aromatic heterocycles. The fourth-order valence-electron chi connectivity index (χ4n) is 0.873. The van der Waals surface area contributed by atoms with Gasteiger partial charge in [-0.2, -0.15) is 0 Å².